The predicted octanol–water partition coefficient (Wildman–Crippen LogP) is 3.35. The minimum absolute atomic E-state index is 0.204. The first-order chi connectivity index (χ1) is 6.20. The second-order valence-electron chi connectivity index (χ2n) is 2.94. The third-order valence-electron chi connectivity index (χ3n) is 1.64. The lowest BCUT2D eigenvalue weighted by atomic mass is 10.3. The first-order valence-electron chi connectivity index (χ1n) is 4.65. The summed E-state index contributed by atoms with van der Waals surface area (Å²) < 4.78 is 5.40. The Morgan fingerprint density at radius 2 is 2.31 bits per heavy atom. The molecule has 0 aliphatic rings. The summed E-state index contributed by atoms with van der Waals surface area (Å²) >= 11 is 5.73. The van der Waals surface area contributed by atoms with Gasteiger partial charge in [-0.2, -0.15) is 0 Å². The molecule has 0 aromatic rings. The summed E-state index contributed by atoms with van der Waals surface area (Å²) in [5, 5.41) is 6.69. The second kappa shape index (κ2) is 8.11. The van der Waals surface area contributed by atoms with Gasteiger partial charge >= 0.3 is 0 Å². The van der Waals surface area contributed by atoms with Crippen LogP contribution in [0, 0.1) is 5.41 Å². The van der Waals surface area contributed by atoms with E-state index in [4.69, 9.17) is 21.7 Å². The minimum Gasteiger partial charge on any atom is -0.499 e. The van der Waals surface area contributed by atoms with Crippen molar-refractivity contribution in [2.45, 2.75) is 38.5 Å². The van der Waals surface area contributed by atoms with Gasteiger partial charge in [-0.1, -0.05) is 13.3 Å². The highest BCUT2D eigenvalue weighted by Gasteiger charge is 1.97. The fraction of sp³-hybridized carbons (Fsp3) is 0.700. The maximum atomic E-state index is 6.89. The smallest absolute Gasteiger partial charge is 0.0889 e. The summed E-state index contributed by atoms with van der Waals surface area (Å²) in [7, 11) is 0. The van der Waals surface area contributed by atoms with Gasteiger partial charge < -0.3 is 10.1 Å². The Morgan fingerprint density at radius 3 is 2.85 bits per heavy atom. The van der Waals surface area contributed by atoms with E-state index in [9.17, 15) is 0 Å². The van der Waals surface area contributed by atoms with Gasteiger partial charge in [0, 0.05) is 6.21 Å². The van der Waals surface area contributed by atoms with Crippen molar-refractivity contribution in [3.05, 3.63) is 11.8 Å². The molecule has 1 N–H and O–H groups in total. The number of nitrogens with one attached hydrogen (secondary N) is 1. The lowest BCUT2D eigenvalue weighted by Gasteiger charge is -2.05. The van der Waals surface area contributed by atoms with Crippen LogP contribution in [0.4, 0.5) is 0 Å². The highest BCUT2D eigenvalue weighted by molar-refractivity contribution is 6.27. The molecule has 13 heavy (non-hydrogen) atoms. The molecule has 0 aromatic carbocycles. The van der Waals surface area contributed by atoms with E-state index in [0.29, 0.717) is 6.42 Å². The van der Waals surface area contributed by atoms with Crippen molar-refractivity contribution in [2.75, 3.05) is 6.61 Å². The lowest BCUT2D eigenvalue weighted by Crippen LogP contribution is -1.98. The molecular weight excluding hydrogens is 186 g/mol. The molecule has 0 heterocycles. The average Bonchev–Trinajstić information content (AvgIpc) is 2.14. The Balaban J connectivity index is 3.56. The molecule has 76 valence electrons. The number of unbranched alkanes of at least 4 members (excludes halogenated alkanes) is 1. The lowest BCUT2D eigenvalue weighted by molar-refractivity contribution is 0.208. The molecule has 0 rings (SSSR count). The molecule has 1 atom stereocenters. The molecule has 0 aliphatic heterocycles. The topological polar surface area (TPSA) is 33.1 Å². The molecule has 1 unspecified atom stereocenters. The third-order valence-corrected chi connectivity index (χ3v) is 1.94. The molecule has 0 saturated heterocycles. The molecule has 0 aromatic heterocycles. The van der Waals surface area contributed by atoms with Crippen molar-refractivity contribution in [2.24, 2.45) is 0 Å². The van der Waals surface area contributed by atoms with E-state index in [0.717, 1.165) is 25.2 Å². The van der Waals surface area contributed by atoms with Crippen LogP contribution in [0.15, 0.2) is 11.8 Å². The Hall–Kier alpha value is -0.500. The van der Waals surface area contributed by atoms with Gasteiger partial charge in [0.15, 0.2) is 0 Å². The number of rotatable bonds is 7. The zero-order chi connectivity index (χ0) is 10.1. The van der Waals surface area contributed by atoms with Gasteiger partial charge in [0.2, 0.25) is 0 Å². The SMILES string of the molecule is CCCCO/C(C)=C/CC(Cl)C=N. The monoisotopic (exact) mass is 203 g/mol. The number of hydrogen-bond donors (Lipinski definition) is 1. The number of hydrogen-bond acceptors (Lipinski definition) is 2. The number of halogens is 1. The highest BCUT2D eigenvalue weighted by Crippen LogP contribution is 2.05. The Bertz CT molecular complexity index is 168. The molecule has 3 heteroatoms. The molecule has 0 spiro atoms. The Morgan fingerprint density at radius 1 is 1.62 bits per heavy atom. The fourth-order valence-electron chi connectivity index (χ4n) is 0.783. The van der Waals surface area contributed by atoms with Crippen LogP contribution in [-0.2, 0) is 4.74 Å². The highest BCUT2D eigenvalue weighted by atomic mass is 35.5. The zero-order valence-corrected chi connectivity index (χ0v) is 9.10. The van der Waals surface area contributed by atoms with Gasteiger partial charge in [-0.15, -0.1) is 11.6 Å². The third kappa shape index (κ3) is 7.85. The summed E-state index contributed by atoms with van der Waals surface area (Å²) in [5.41, 5.74) is 0. The molecular formula is C10H18ClNO. The van der Waals surface area contributed by atoms with Crippen LogP contribution in [-0.4, -0.2) is 18.2 Å². The van der Waals surface area contributed by atoms with Crippen molar-refractivity contribution in [3.8, 4) is 0 Å². The molecule has 0 amide bonds. The first kappa shape index (κ1) is 12.5. The van der Waals surface area contributed by atoms with Gasteiger partial charge in [-0.25, -0.2) is 0 Å². The normalized spacial score (nSPS) is 13.9. The number of ether oxygens (including phenoxy) is 1. The number of allylic oxidation sites excluding steroid dienone is 2. The van der Waals surface area contributed by atoms with Crippen LogP contribution in [0.2, 0.25) is 0 Å². The van der Waals surface area contributed by atoms with E-state index in [1.165, 1.54) is 6.21 Å². The summed E-state index contributed by atoms with van der Waals surface area (Å²) in [6.45, 7) is 4.83. The van der Waals surface area contributed by atoms with Crippen LogP contribution in [0.25, 0.3) is 0 Å². The maximum Gasteiger partial charge on any atom is 0.0889 e. The van der Waals surface area contributed by atoms with E-state index in [-0.39, 0.29) is 5.38 Å². The Kier molecular flexibility index (Phi) is 7.80. The molecule has 2 nitrogen and oxygen atoms in total. The standard InChI is InChI=1S/C10H18ClNO/c1-3-4-7-13-9(2)5-6-10(11)8-12/h5,8,10,12H,3-4,6-7H2,1-2H3/b9-5+,12-8?. The van der Waals surface area contributed by atoms with Gasteiger partial charge in [0.25, 0.3) is 0 Å². The minimum atomic E-state index is -0.204. The van der Waals surface area contributed by atoms with E-state index in [1.807, 2.05) is 13.0 Å². The van der Waals surface area contributed by atoms with Crippen molar-refractivity contribution < 1.29 is 4.74 Å². The summed E-state index contributed by atoms with van der Waals surface area (Å²) in [6, 6.07) is 0. The van der Waals surface area contributed by atoms with E-state index < -0.39 is 0 Å². The summed E-state index contributed by atoms with van der Waals surface area (Å²) in [5.74, 6) is 0.904. The van der Waals surface area contributed by atoms with Crippen LogP contribution >= 0.6 is 11.6 Å². The van der Waals surface area contributed by atoms with Gasteiger partial charge in [-0.05, 0) is 25.8 Å². The molecule has 0 fully saturated rings. The van der Waals surface area contributed by atoms with E-state index >= 15 is 0 Å². The van der Waals surface area contributed by atoms with Crippen LogP contribution < -0.4 is 0 Å². The molecule has 0 aliphatic carbocycles. The second-order valence-corrected chi connectivity index (χ2v) is 3.50. The van der Waals surface area contributed by atoms with Crippen LogP contribution in [0.5, 0.6) is 0 Å². The average molecular weight is 204 g/mol. The van der Waals surface area contributed by atoms with E-state index in [1.54, 1.807) is 0 Å². The molecule has 0 bridgehead atoms. The quantitative estimate of drug-likeness (QED) is 0.293. The van der Waals surface area contributed by atoms with Gasteiger partial charge in [0.1, 0.15) is 0 Å². The zero-order valence-electron chi connectivity index (χ0n) is 8.35. The van der Waals surface area contributed by atoms with E-state index in [2.05, 4.69) is 6.92 Å². The first-order valence-corrected chi connectivity index (χ1v) is 5.08. The Labute approximate surface area is 85.4 Å². The summed E-state index contributed by atoms with van der Waals surface area (Å²) in [4.78, 5) is 0. The van der Waals surface area contributed by atoms with Gasteiger partial charge in [0.05, 0.1) is 17.7 Å². The molecule has 0 saturated carbocycles. The number of alkyl halides is 1. The predicted molar refractivity (Wildman–Crippen MR) is 57.7 cm³/mol. The fourth-order valence-corrected chi connectivity index (χ4v) is 0.872. The maximum absolute atomic E-state index is 6.89. The largest absolute Gasteiger partial charge is 0.499 e. The van der Waals surface area contributed by atoms with Crippen molar-refractivity contribution in [1.29, 1.82) is 5.41 Å². The van der Waals surface area contributed by atoms with Crippen LogP contribution in [0.1, 0.15) is 33.1 Å². The van der Waals surface area contributed by atoms with Crippen molar-refractivity contribution in [3.63, 3.8) is 0 Å². The van der Waals surface area contributed by atoms with Crippen molar-refractivity contribution in [1.82, 2.24) is 0 Å². The molecule has 0 radical (unpaired) electrons. The summed E-state index contributed by atoms with van der Waals surface area (Å²) in [6.07, 6.45) is 6.06. The van der Waals surface area contributed by atoms with Crippen LogP contribution in [0.3, 0.4) is 0 Å². The van der Waals surface area contributed by atoms with Gasteiger partial charge in [-0.3, -0.25) is 0 Å². The van der Waals surface area contributed by atoms with Crippen molar-refractivity contribution >= 4 is 17.8 Å².